The van der Waals surface area contributed by atoms with Crippen molar-refractivity contribution >= 4 is 39.5 Å². The number of ether oxygens (including phenoxy) is 4. The number of unbranched alkanes of at least 4 members (excludes halogenated alkanes) is 47. The molecule has 0 bridgehead atoms. The van der Waals surface area contributed by atoms with Crippen LogP contribution >= 0.6 is 15.6 Å². The second-order valence-corrected chi connectivity index (χ2v) is 30.4. The Morgan fingerprint density at radius 1 is 0.287 bits per heavy atom. The number of hydrogen-bond acceptors (Lipinski definition) is 15. The highest BCUT2D eigenvalue weighted by atomic mass is 31.2. The first-order valence-electron chi connectivity index (χ1n) is 39.1. The Morgan fingerprint density at radius 3 is 0.723 bits per heavy atom. The molecule has 0 aromatic heterocycles. The molecule has 94 heavy (non-hydrogen) atoms. The maximum absolute atomic E-state index is 13.1. The average Bonchev–Trinajstić information content (AvgIpc) is 1.15. The van der Waals surface area contributed by atoms with Gasteiger partial charge in [0, 0.05) is 25.7 Å². The fraction of sp³-hybridized carbons (Fsp3) is 0.947. The third-order valence-electron chi connectivity index (χ3n) is 17.5. The molecule has 0 saturated carbocycles. The van der Waals surface area contributed by atoms with Crippen LogP contribution in [0.25, 0.3) is 0 Å². The summed E-state index contributed by atoms with van der Waals surface area (Å²) in [4.78, 5) is 72.6. The maximum Gasteiger partial charge on any atom is 0.472 e. The van der Waals surface area contributed by atoms with Crippen LogP contribution < -0.4 is 0 Å². The lowest BCUT2D eigenvalue weighted by molar-refractivity contribution is -0.161. The first kappa shape index (κ1) is 92.1. The molecule has 0 spiro atoms. The van der Waals surface area contributed by atoms with Crippen molar-refractivity contribution in [3.8, 4) is 0 Å². The summed E-state index contributed by atoms with van der Waals surface area (Å²) in [5.41, 5.74) is 0. The van der Waals surface area contributed by atoms with E-state index in [1.807, 2.05) is 0 Å². The number of esters is 4. The van der Waals surface area contributed by atoms with Gasteiger partial charge in [0.05, 0.1) is 26.4 Å². The SMILES string of the molecule is CCCCCCCCCCCCCCCCCCCCCCCCC(=O)O[C@H](COC(=O)CCCCCCCCCCCCCCCCC)COP(=O)(O)OC[C@@H](O)COP(=O)(O)OC[C@@H](COC(=O)CCCCCCCCCC)OC(=O)CCCCCCCCC(C)C. The van der Waals surface area contributed by atoms with Gasteiger partial charge in [0.2, 0.25) is 0 Å². The maximum atomic E-state index is 13.1. The van der Waals surface area contributed by atoms with Crippen molar-refractivity contribution in [1.29, 1.82) is 0 Å². The van der Waals surface area contributed by atoms with Crippen molar-refractivity contribution < 1.29 is 80.2 Å². The molecule has 0 heterocycles. The highest BCUT2D eigenvalue weighted by Crippen LogP contribution is 2.45. The van der Waals surface area contributed by atoms with E-state index in [1.54, 1.807) is 0 Å². The van der Waals surface area contributed by atoms with E-state index in [4.69, 9.17) is 37.0 Å². The Labute approximate surface area is 575 Å². The fourth-order valence-corrected chi connectivity index (χ4v) is 13.1. The van der Waals surface area contributed by atoms with E-state index in [0.29, 0.717) is 31.6 Å². The smallest absolute Gasteiger partial charge is 0.462 e. The van der Waals surface area contributed by atoms with Crippen molar-refractivity contribution in [2.24, 2.45) is 5.92 Å². The number of phosphoric ester groups is 2. The zero-order chi connectivity index (χ0) is 69.1. The summed E-state index contributed by atoms with van der Waals surface area (Å²) in [6.45, 7) is 7.16. The summed E-state index contributed by atoms with van der Waals surface area (Å²) >= 11 is 0. The van der Waals surface area contributed by atoms with Gasteiger partial charge >= 0.3 is 39.5 Å². The molecule has 5 atom stereocenters. The lowest BCUT2D eigenvalue weighted by Crippen LogP contribution is -2.30. The van der Waals surface area contributed by atoms with Gasteiger partial charge < -0.3 is 33.8 Å². The van der Waals surface area contributed by atoms with Crippen LogP contribution in [-0.2, 0) is 65.4 Å². The third-order valence-corrected chi connectivity index (χ3v) is 19.4. The Morgan fingerprint density at radius 2 is 0.489 bits per heavy atom. The van der Waals surface area contributed by atoms with Gasteiger partial charge in [0.25, 0.3) is 0 Å². The molecule has 0 aliphatic heterocycles. The van der Waals surface area contributed by atoms with Crippen LogP contribution in [0.5, 0.6) is 0 Å². The van der Waals surface area contributed by atoms with Crippen LogP contribution in [0.2, 0.25) is 0 Å². The molecule has 0 aliphatic carbocycles. The molecular formula is C75H146O17P2. The summed E-state index contributed by atoms with van der Waals surface area (Å²) in [5, 5.41) is 10.6. The van der Waals surface area contributed by atoms with Gasteiger partial charge in [0.1, 0.15) is 19.3 Å². The highest BCUT2D eigenvalue weighted by molar-refractivity contribution is 7.47. The Balaban J connectivity index is 5.14. The molecule has 558 valence electrons. The van der Waals surface area contributed by atoms with Crippen LogP contribution in [0.3, 0.4) is 0 Å². The van der Waals surface area contributed by atoms with Gasteiger partial charge in [-0.25, -0.2) is 9.13 Å². The second-order valence-electron chi connectivity index (χ2n) is 27.5. The van der Waals surface area contributed by atoms with Crippen molar-refractivity contribution in [3.05, 3.63) is 0 Å². The predicted molar refractivity (Wildman–Crippen MR) is 382 cm³/mol. The Hall–Kier alpha value is -1.94. The Kier molecular flexibility index (Phi) is 66.8. The van der Waals surface area contributed by atoms with Gasteiger partial charge in [0.15, 0.2) is 12.2 Å². The lowest BCUT2D eigenvalue weighted by atomic mass is 10.0. The zero-order valence-electron chi connectivity index (χ0n) is 61.1. The molecule has 0 amide bonds. The lowest BCUT2D eigenvalue weighted by Gasteiger charge is -2.21. The highest BCUT2D eigenvalue weighted by Gasteiger charge is 2.30. The largest absolute Gasteiger partial charge is 0.472 e. The van der Waals surface area contributed by atoms with Gasteiger partial charge in [-0.2, -0.15) is 0 Å². The number of aliphatic hydroxyl groups excluding tert-OH is 1. The van der Waals surface area contributed by atoms with Crippen LogP contribution in [0.4, 0.5) is 0 Å². The van der Waals surface area contributed by atoms with Crippen molar-refractivity contribution in [1.82, 2.24) is 0 Å². The molecule has 0 saturated heterocycles. The molecule has 0 radical (unpaired) electrons. The third kappa shape index (κ3) is 68.6. The molecule has 17 nitrogen and oxygen atoms in total. The van der Waals surface area contributed by atoms with E-state index in [2.05, 4.69) is 34.6 Å². The number of phosphoric acid groups is 2. The summed E-state index contributed by atoms with van der Waals surface area (Å²) in [7, 11) is -9.90. The quantitative estimate of drug-likeness (QED) is 0.0222. The molecule has 0 aliphatic rings. The topological polar surface area (TPSA) is 237 Å². The Bertz CT molecular complexity index is 1810. The molecule has 2 unspecified atom stereocenters. The molecule has 0 rings (SSSR count). The minimum absolute atomic E-state index is 0.102. The molecule has 19 heteroatoms. The van der Waals surface area contributed by atoms with Gasteiger partial charge in [-0.3, -0.25) is 37.3 Å². The molecule has 0 aromatic carbocycles. The number of aliphatic hydroxyl groups is 1. The van der Waals surface area contributed by atoms with Crippen LogP contribution in [0, 0.1) is 5.92 Å². The van der Waals surface area contributed by atoms with E-state index >= 15 is 0 Å². The van der Waals surface area contributed by atoms with Crippen LogP contribution in [0.1, 0.15) is 394 Å². The minimum atomic E-state index is -4.95. The fourth-order valence-electron chi connectivity index (χ4n) is 11.5. The first-order chi connectivity index (χ1) is 45.5. The molecule has 0 fully saturated rings. The summed E-state index contributed by atoms with van der Waals surface area (Å²) in [6, 6.07) is 0. The first-order valence-corrected chi connectivity index (χ1v) is 42.1. The number of hydrogen-bond donors (Lipinski definition) is 3. The minimum Gasteiger partial charge on any atom is -0.462 e. The van der Waals surface area contributed by atoms with Gasteiger partial charge in [-0.05, 0) is 31.6 Å². The zero-order valence-corrected chi connectivity index (χ0v) is 62.9. The van der Waals surface area contributed by atoms with E-state index in [0.717, 1.165) is 96.3 Å². The summed E-state index contributed by atoms with van der Waals surface area (Å²) in [5.74, 6) is -1.45. The monoisotopic (exact) mass is 1380 g/mol. The van der Waals surface area contributed by atoms with E-state index in [1.165, 1.54) is 212 Å². The van der Waals surface area contributed by atoms with Crippen LogP contribution in [0.15, 0.2) is 0 Å². The number of carbonyl (C=O) groups is 4. The van der Waals surface area contributed by atoms with Crippen LogP contribution in [-0.4, -0.2) is 96.7 Å². The molecule has 0 aromatic rings. The van der Waals surface area contributed by atoms with E-state index < -0.39 is 97.5 Å². The van der Waals surface area contributed by atoms with E-state index in [9.17, 15) is 43.2 Å². The molecular weight excluding hydrogens is 1230 g/mol. The van der Waals surface area contributed by atoms with E-state index in [-0.39, 0.29) is 25.7 Å². The van der Waals surface area contributed by atoms with Crippen molar-refractivity contribution in [3.63, 3.8) is 0 Å². The summed E-state index contributed by atoms with van der Waals surface area (Å²) < 4.78 is 68.3. The average molecular weight is 1380 g/mol. The van der Waals surface area contributed by atoms with Crippen molar-refractivity contribution in [2.45, 2.75) is 412 Å². The van der Waals surface area contributed by atoms with Crippen molar-refractivity contribution in [2.75, 3.05) is 39.6 Å². The molecule has 3 N–H and O–H groups in total. The normalized spacial score (nSPS) is 14.0. The number of carbonyl (C=O) groups excluding carboxylic acids is 4. The second kappa shape index (κ2) is 68.2. The summed E-state index contributed by atoms with van der Waals surface area (Å²) in [6.07, 6.45) is 57.4. The predicted octanol–water partition coefficient (Wildman–Crippen LogP) is 22.1. The standard InChI is InChI=1S/C75H146O17P2/c1-6-9-12-15-18-21-23-25-27-28-29-30-31-32-33-35-37-39-41-44-50-55-60-74(79)91-70(64-86-73(78)59-54-49-43-40-38-36-34-26-24-22-19-16-13-10-7-2)66-89-93(81,82)87-62-69(76)63-88-94(83,84)90-67-71(65-85-72(77)58-53-48-42-20-17-14-11-8-3)92-75(80)61-56-51-46-45-47-52-57-68(4)5/h68-71,76H,6-67H2,1-5H3,(H,81,82)(H,83,84)/t69-,70-,71-/m1/s1. The van der Waals surface area contributed by atoms with Gasteiger partial charge in [-0.1, -0.05) is 343 Å². The number of rotatable bonds is 75. The van der Waals surface area contributed by atoms with Gasteiger partial charge in [-0.15, -0.1) is 0 Å².